The van der Waals surface area contributed by atoms with Gasteiger partial charge < -0.3 is 4.90 Å². The molecular weight excluding hydrogens is 340 g/mol. The number of nitrogens with zero attached hydrogens (tertiary/aromatic N) is 2. The fourth-order valence-electron chi connectivity index (χ4n) is 3.37. The molecule has 4 rings (SSSR count). The van der Waals surface area contributed by atoms with Gasteiger partial charge in [0.05, 0.1) is 0 Å². The van der Waals surface area contributed by atoms with Crippen LogP contribution in [0.1, 0.15) is 15.9 Å². The molecule has 0 saturated carbocycles. The summed E-state index contributed by atoms with van der Waals surface area (Å²) in [5.41, 5.74) is 4.46. The van der Waals surface area contributed by atoms with Crippen molar-refractivity contribution >= 4 is 17.2 Å². The minimum absolute atomic E-state index is 0.139. The second kappa shape index (κ2) is 7.85. The summed E-state index contributed by atoms with van der Waals surface area (Å²) in [6, 6.07) is 20.4. The van der Waals surface area contributed by atoms with Crippen LogP contribution in [0.5, 0.6) is 0 Å². The molecule has 2 heterocycles. The molecule has 0 aliphatic carbocycles. The molecule has 1 aliphatic heterocycles. The Kier molecular flexibility index (Phi) is 5.14. The van der Waals surface area contributed by atoms with E-state index in [1.807, 2.05) is 47.4 Å². The summed E-state index contributed by atoms with van der Waals surface area (Å²) in [7, 11) is 0. The average Bonchev–Trinajstić information content (AvgIpc) is 3.22. The Morgan fingerprint density at radius 3 is 2.19 bits per heavy atom. The van der Waals surface area contributed by atoms with E-state index in [0.717, 1.165) is 43.9 Å². The Morgan fingerprint density at radius 1 is 0.846 bits per heavy atom. The average molecular weight is 362 g/mol. The molecular formula is C22H22N2OS. The summed E-state index contributed by atoms with van der Waals surface area (Å²) in [6.07, 6.45) is 0. The minimum Gasteiger partial charge on any atom is -0.336 e. The summed E-state index contributed by atoms with van der Waals surface area (Å²) in [5, 5.41) is 4.32. The monoisotopic (exact) mass is 362 g/mol. The van der Waals surface area contributed by atoms with Crippen LogP contribution in [0.25, 0.3) is 11.1 Å². The molecule has 0 unspecified atom stereocenters. The molecule has 0 atom stereocenters. The minimum atomic E-state index is 0.139. The number of hydrogen-bond donors (Lipinski definition) is 0. The molecule has 1 fully saturated rings. The van der Waals surface area contributed by atoms with E-state index in [4.69, 9.17) is 0 Å². The zero-order chi connectivity index (χ0) is 17.8. The first-order valence-corrected chi connectivity index (χ1v) is 9.92. The molecule has 0 N–H and O–H groups in total. The lowest BCUT2D eigenvalue weighted by molar-refractivity contribution is 0.0628. The van der Waals surface area contributed by atoms with Gasteiger partial charge in [-0.3, -0.25) is 9.69 Å². The lowest BCUT2D eigenvalue weighted by atomic mass is 10.0. The fraction of sp³-hybridized carbons (Fsp3) is 0.227. The lowest BCUT2D eigenvalue weighted by Crippen LogP contribution is -2.48. The molecule has 1 amide bonds. The molecule has 4 heteroatoms. The first-order valence-electron chi connectivity index (χ1n) is 8.98. The van der Waals surface area contributed by atoms with E-state index in [9.17, 15) is 4.79 Å². The van der Waals surface area contributed by atoms with E-state index in [-0.39, 0.29) is 5.91 Å². The van der Waals surface area contributed by atoms with Crippen molar-refractivity contribution in [3.63, 3.8) is 0 Å². The van der Waals surface area contributed by atoms with Gasteiger partial charge in [0, 0.05) is 38.3 Å². The highest BCUT2D eigenvalue weighted by Crippen LogP contribution is 2.20. The van der Waals surface area contributed by atoms with E-state index < -0.39 is 0 Å². The van der Waals surface area contributed by atoms with Crippen LogP contribution in [0.15, 0.2) is 71.4 Å². The second-order valence-corrected chi connectivity index (χ2v) is 7.42. The van der Waals surface area contributed by atoms with Gasteiger partial charge >= 0.3 is 0 Å². The van der Waals surface area contributed by atoms with Crippen LogP contribution in [-0.4, -0.2) is 41.9 Å². The van der Waals surface area contributed by atoms with Crippen molar-refractivity contribution in [3.8, 4) is 11.1 Å². The second-order valence-electron chi connectivity index (χ2n) is 6.64. The SMILES string of the molecule is O=C(c1ccc(-c2ccccc2)cc1)N1CCN(Cc2ccsc2)CC1. The number of rotatable bonds is 4. The zero-order valence-electron chi connectivity index (χ0n) is 14.7. The Hall–Kier alpha value is -2.43. The molecule has 0 bridgehead atoms. The normalized spacial score (nSPS) is 15.2. The smallest absolute Gasteiger partial charge is 0.253 e. The highest BCUT2D eigenvalue weighted by molar-refractivity contribution is 7.07. The van der Waals surface area contributed by atoms with Crippen molar-refractivity contribution in [1.82, 2.24) is 9.80 Å². The molecule has 2 aromatic carbocycles. The molecule has 1 aromatic heterocycles. The first kappa shape index (κ1) is 17.0. The van der Waals surface area contributed by atoms with Gasteiger partial charge in [-0.15, -0.1) is 0 Å². The number of carbonyl (C=O) groups is 1. The van der Waals surface area contributed by atoms with Gasteiger partial charge in [-0.05, 0) is 45.6 Å². The van der Waals surface area contributed by atoms with Gasteiger partial charge in [-0.2, -0.15) is 11.3 Å². The van der Waals surface area contributed by atoms with Gasteiger partial charge in [-0.1, -0.05) is 42.5 Å². The van der Waals surface area contributed by atoms with Crippen molar-refractivity contribution < 1.29 is 4.79 Å². The van der Waals surface area contributed by atoms with Gasteiger partial charge in [-0.25, -0.2) is 0 Å². The summed E-state index contributed by atoms with van der Waals surface area (Å²) < 4.78 is 0. The molecule has 26 heavy (non-hydrogen) atoms. The van der Waals surface area contributed by atoms with Crippen LogP contribution in [0.3, 0.4) is 0 Å². The molecule has 3 nitrogen and oxygen atoms in total. The van der Waals surface area contributed by atoms with Crippen LogP contribution in [0.2, 0.25) is 0 Å². The number of thiophene rings is 1. The van der Waals surface area contributed by atoms with Crippen LogP contribution >= 0.6 is 11.3 Å². The van der Waals surface area contributed by atoms with Gasteiger partial charge in [0.15, 0.2) is 0 Å². The number of benzene rings is 2. The van der Waals surface area contributed by atoms with Gasteiger partial charge in [0.1, 0.15) is 0 Å². The highest BCUT2D eigenvalue weighted by Gasteiger charge is 2.22. The predicted octanol–water partition coefficient (Wildman–Crippen LogP) is 4.37. The third-order valence-corrected chi connectivity index (χ3v) is 5.62. The largest absolute Gasteiger partial charge is 0.336 e. The van der Waals surface area contributed by atoms with E-state index in [1.165, 1.54) is 11.1 Å². The van der Waals surface area contributed by atoms with Crippen molar-refractivity contribution in [2.75, 3.05) is 26.2 Å². The summed E-state index contributed by atoms with van der Waals surface area (Å²) in [6.45, 7) is 4.44. The lowest BCUT2D eigenvalue weighted by Gasteiger charge is -2.34. The molecule has 1 saturated heterocycles. The zero-order valence-corrected chi connectivity index (χ0v) is 15.5. The molecule has 132 valence electrons. The fourth-order valence-corrected chi connectivity index (χ4v) is 4.03. The van der Waals surface area contributed by atoms with Gasteiger partial charge in [0.2, 0.25) is 0 Å². The highest BCUT2D eigenvalue weighted by atomic mass is 32.1. The predicted molar refractivity (Wildman–Crippen MR) is 107 cm³/mol. The number of amides is 1. The molecule has 0 spiro atoms. The Labute approximate surface area is 158 Å². The molecule has 1 aliphatic rings. The maximum absolute atomic E-state index is 12.8. The maximum atomic E-state index is 12.8. The number of carbonyl (C=O) groups excluding carboxylic acids is 1. The maximum Gasteiger partial charge on any atom is 0.253 e. The van der Waals surface area contributed by atoms with E-state index in [1.54, 1.807) is 11.3 Å². The third-order valence-electron chi connectivity index (χ3n) is 4.88. The summed E-state index contributed by atoms with van der Waals surface area (Å²) in [5.74, 6) is 0.139. The van der Waals surface area contributed by atoms with E-state index in [2.05, 4.69) is 33.9 Å². The third kappa shape index (κ3) is 3.87. The number of hydrogen-bond acceptors (Lipinski definition) is 3. The van der Waals surface area contributed by atoms with Crippen LogP contribution in [0, 0.1) is 0 Å². The van der Waals surface area contributed by atoms with E-state index in [0.29, 0.717) is 0 Å². The molecule has 3 aromatic rings. The standard InChI is InChI=1S/C22H22N2OS/c25-22(21-8-6-20(7-9-21)19-4-2-1-3-5-19)24-13-11-23(12-14-24)16-18-10-15-26-17-18/h1-10,15,17H,11-14,16H2. The Balaban J connectivity index is 1.36. The van der Waals surface area contributed by atoms with Crippen molar-refractivity contribution in [1.29, 1.82) is 0 Å². The van der Waals surface area contributed by atoms with Crippen molar-refractivity contribution in [3.05, 3.63) is 82.6 Å². The number of piperazine rings is 1. The van der Waals surface area contributed by atoms with Gasteiger partial charge in [0.25, 0.3) is 5.91 Å². The van der Waals surface area contributed by atoms with Crippen molar-refractivity contribution in [2.24, 2.45) is 0 Å². The molecule has 0 radical (unpaired) electrons. The van der Waals surface area contributed by atoms with E-state index >= 15 is 0 Å². The van der Waals surface area contributed by atoms with Crippen molar-refractivity contribution in [2.45, 2.75) is 6.54 Å². The Morgan fingerprint density at radius 2 is 1.54 bits per heavy atom. The van der Waals surface area contributed by atoms with Crippen LogP contribution in [-0.2, 0) is 6.54 Å². The topological polar surface area (TPSA) is 23.6 Å². The Bertz CT molecular complexity index is 836. The first-order chi connectivity index (χ1) is 12.8. The summed E-state index contributed by atoms with van der Waals surface area (Å²) in [4.78, 5) is 17.2. The quantitative estimate of drug-likeness (QED) is 0.688. The van der Waals surface area contributed by atoms with Crippen LogP contribution < -0.4 is 0 Å². The van der Waals surface area contributed by atoms with Crippen LogP contribution in [0.4, 0.5) is 0 Å². The summed E-state index contributed by atoms with van der Waals surface area (Å²) >= 11 is 1.74.